The zero-order valence-corrected chi connectivity index (χ0v) is 12.7. The molecule has 0 bridgehead atoms. The number of likely N-dealkylation sites (N-methyl/N-ethyl adjacent to an activating group) is 1. The minimum Gasteiger partial charge on any atom is -0.389 e. The second-order valence-corrected chi connectivity index (χ2v) is 5.37. The molecule has 1 aromatic heterocycles. The highest BCUT2D eigenvalue weighted by Crippen LogP contribution is 2.21. The first-order valence-corrected chi connectivity index (χ1v) is 6.99. The van der Waals surface area contributed by atoms with E-state index in [1.807, 2.05) is 31.3 Å². The number of hydrogen-bond acceptors (Lipinski definition) is 3. The standard InChI is InChI=1S/C16H22N2O3/c1-11-5-4-6-14-12(8-17-16(11)14)7-15(20)18(2)9-13(19)10-21-3/h4-6,8,13,17,19H,7,9-10H2,1-3H3. The number of methoxy groups -OCH3 is 1. The number of ether oxygens (including phenoxy) is 1. The van der Waals surface area contributed by atoms with Gasteiger partial charge in [-0.15, -0.1) is 0 Å². The Hall–Kier alpha value is -1.85. The number of aliphatic hydroxyl groups excluding tert-OH is 1. The fraction of sp³-hybridized carbons (Fsp3) is 0.438. The second kappa shape index (κ2) is 6.74. The molecule has 1 atom stereocenters. The molecule has 5 heteroatoms. The number of carbonyl (C=O) groups is 1. The minimum absolute atomic E-state index is 0.0208. The summed E-state index contributed by atoms with van der Waals surface area (Å²) in [5.74, 6) is -0.0208. The maximum absolute atomic E-state index is 12.2. The van der Waals surface area contributed by atoms with Gasteiger partial charge in [-0.25, -0.2) is 0 Å². The van der Waals surface area contributed by atoms with E-state index in [0.29, 0.717) is 6.42 Å². The molecule has 1 unspecified atom stereocenters. The Labute approximate surface area is 124 Å². The third-order valence-electron chi connectivity index (χ3n) is 3.62. The smallest absolute Gasteiger partial charge is 0.226 e. The molecule has 5 nitrogen and oxygen atoms in total. The SMILES string of the molecule is COCC(O)CN(C)C(=O)Cc1c[nH]c2c(C)cccc12. The van der Waals surface area contributed by atoms with Gasteiger partial charge in [-0.1, -0.05) is 18.2 Å². The number of hydrogen-bond donors (Lipinski definition) is 2. The van der Waals surface area contributed by atoms with Crippen molar-refractivity contribution in [1.82, 2.24) is 9.88 Å². The number of rotatable bonds is 6. The van der Waals surface area contributed by atoms with Crippen molar-refractivity contribution in [3.63, 3.8) is 0 Å². The number of nitrogens with zero attached hydrogens (tertiary/aromatic N) is 1. The first-order chi connectivity index (χ1) is 10.0. The van der Waals surface area contributed by atoms with Crippen molar-refractivity contribution < 1.29 is 14.6 Å². The Balaban J connectivity index is 2.06. The van der Waals surface area contributed by atoms with Crippen LogP contribution in [0, 0.1) is 6.92 Å². The molecule has 0 radical (unpaired) electrons. The van der Waals surface area contributed by atoms with Gasteiger partial charge in [-0.2, -0.15) is 0 Å². The van der Waals surface area contributed by atoms with E-state index in [0.717, 1.165) is 22.0 Å². The molecule has 2 N–H and O–H groups in total. The maximum atomic E-state index is 12.2. The van der Waals surface area contributed by atoms with Crippen molar-refractivity contribution in [3.8, 4) is 0 Å². The van der Waals surface area contributed by atoms with E-state index in [-0.39, 0.29) is 19.1 Å². The van der Waals surface area contributed by atoms with Crippen molar-refractivity contribution in [1.29, 1.82) is 0 Å². The third-order valence-corrected chi connectivity index (χ3v) is 3.62. The molecule has 1 aromatic carbocycles. The summed E-state index contributed by atoms with van der Waals surface area (Å²) >= 11 is 0. The summed E-state index contributed by atoms with van der Waals surface area (Å²) in [5, 5.41) is 10.8. The number of fused-ring (bicyclic) bond motifs is 1. The number of carbonyl (C=O) groups excluding carboxylic acids is 1. The van der Waals surface area contributed by atoms with E-state index in [9.17, 15) is 9.90 Å². The quantitative estimate of drug-likeness (QED) is 0.847. The van der Waals surface area contributed by atoms with Gasteiger partial charge < -0.3 is 19.7 Å². The number of H-pyrrole nitrogens is 1. The number of aliphatic hydroxyl groups is 1. The predicted octanol–water partition coefficient (Wildman–Crippen LogP) is 1.48. The Morgan fingerprint density at radius 2 is 2.24 bits per heavy atom. The van der Waals surface area contributed by atoms with Crippen LogP contribution in [-0.4, -0.2) is 54.3 Å². The summed E-state index contributed by atoms with van der Waals surface area (Å²) in [7, 11) is 3.22. The molecular weight excluding hydrogens is 268 g/mol. The molecule has 0 spiro atoms. The lowest BCUT2D eigenvalue weighted by molar-refractivity contribution is -0.130. The number of para-hydroxylation sites is 1. The number of aromatic nitrogens is 1. The van der Waals surface area contributed by atoms with E-state index >= 15 is 0 Å². The molecule has 2 aromatic rings. The maximum Gasteiger partial charge on any atom is 0.226 e. The van der Waals surface area contributed by atoms with Crippen LogP contribution in [0.15, 0.2) is 24.4 Å². The molecule has 1 heterocycles. The van der Waals surface area contributed by atoms with Crippen LogP contribution >= 0.6 is 0 Å². The predicted molar refractivity (Wildman–Crippen MR) is 82.3 cm³/mol. The second-order valence-electron chi connectivity index (χ2n) is 5.37. The molecule has 2 rings (SSSR count). The normalized spacial score (nSPS) is 12.6. The van der Waals surface area contributed by atoms with Gasteiger partial charge >= 0.3 is 0 Å². The van der Waals surface area contributed by atoms with Gasteiger partial charge in [-0.3, -0.25) is 4.79 Å². The number of nitrogens with one attached hydrogen (secondary N) is 1. The van der Waals surface area contributed by atoms with E-state index < -0.39 is 6.10 Å². The van der Waals surface area contributed by atoms with Gasteiger partial charge in [0.05, 0.1) is 19.1 Å². The Kier molecular flexibility index (Phi) is 4.98. The van der Waals surface area contributed by atoms with Crippen LogP contribution in [0.5, 0.6) is 0 Å². The number of aryl methyl sites for hydroxylation is 1. The fourth-order valence-electron chi connectivity index (χ4n) is 2.47. The summed E-state index contributed by atoms with van der Waals surface area (Å²) in [4.78, 5) is 17.0. The van der Waals surface area contributed by atoms with Gasteiger partial charge in [-0.05, 0) is 18.1 Å². The van der Waals surface area contributed by atoms with Crippen molar-refractivity contribution >= 4 is 16.8 Å². The fourth-order valence-corrected chi connectivity index (χ4v) is 2.47. The van der Waals surface area contributed by atoms with Crippen molar-refractivity contribution in [2.75, 3.05) is 27.3 Å². The summed E-state index contributed by atoms with van der Waals surface area (Å²) in [6.45, 7) is 2.54. The summed E-state index contributed by atoms with van der Waals surface area (Å²) < 4.78 is 4.87. The molecule has 0 fully saturated rings. The Bertz CT molecular complexity index is 621. The Morgan fingerprint density at radius 1 is 1.48 bits per heavy atom. The number of amides is 1. The molecule has 0 saturated carbocycles. The van der Waals surface area contributed by atoms with Crippen molar-refractivity contribution in [2.45, 2.75) is 19.4 Å². The molecule has 21 heavy (non-hydrogen) atoms. The van der Waals surface area contributed by atoms with E-state index in [1.165, 1.54) is 12.0 Å². The number of aromatic amines is 1. The lowest BCUT2D eigenvalue weighted by Gasteiger charge is -2.20. The van der Waals surface area contributed by atoms with Gasteiger partial charge in [0.25, 0.3) is 0 Å². The van der Waals surface area contributed by atoms with Crippen LogP contribution in [0.4, 0.5) is 0 Å². The van der Waals surface area contributed by atoms with Crippen LogP contribution in [0.1, 0.15) is 11.1 Å². The van der Waals surface area contributed by atoms with E-state index in [2.05, 4.69) is 4.98 Å². The lowest BCUT2D eigenvalue weighted by atomic mass is 10.1. The van der Waals surface area contributed by atoms with Crippen LogP contribution in [0.25, 0.3) is 10.9 Å². The molecule has 0 saturated heterocycles. The average molecular weight is 290 g/mol. The summed E-state index contributed by atoms with van der Waals surface area (Å²) in [5.41, 5.74) is 3.21. The van der Waals surface area contributed by atoms with E-state index in [4.69, 9.17) is 4.74 Å². The van der Waals surface area contributed by atoms with Crippen molar-refractivity contribution in [2.24, 2.45) is 0 Å². The molecular formula is C16H22N2O3. The summed E-state index contributed by atoms with van der Waals surface area (Å²) in [6.07, 6.45) is 1.54. The highest BCUT2D eigenvalue weighted by Gasteiger charge is 2.16. The van der Waals surface area contributed by atoms with Gasteiger partial charge in [0.2, 0.25) is 5.91 Å². The topological polar surface area (TPSA) is 65.6 Å². The van der Waals surface area contributed by atoms with Gasteiger partial charge in [0.15, 0.2) is 0 Å². The van der Waals surface area contributed by atoms with Gasteiger partial charge in [0.1, 0.15) is 0 Å². The highest BCUT2D eigenvalue weighted by molar-refractivity contribution is 5.90. The van der Waals surface area contributed by atoms with E-state index in [1.54, 1.807) is 7.05 Å². The van der Waals surface area contributed by atoms with Crippen LogP contribution in [0.2, 0.25) is 0 Å². The highest BCUT2D eigenvalue weighted by atomic mass is 16.5. The monoisotopic (exact) mass is 290 g/mol. The van der Waals surface area contributed by atoms with Crippen molar-refractivity contribution in [3.05, 3.63) is 35.5 Å². The first-order valence-electron chi connectivity index (χ1n) is 6.99. The first kappa shape index (κ1) is 15.5. The lowest BCUT2D eigenvalue weighted by Crippen LogP contribution is -2.37. The van der Waals surface area contributed by atoms with Crippen LogP contribution in [-0.2, 0) is 16.0 Å². The summed E-state index contributed by atoms with van der Waals surface area (Å²) in [6, 6.07) is 6.05. The molecule has 0 aliphatic rings. The van der Waals surface area contributed by atoms with Crippen LogP contribution in [0.3, 0.4) is 0 Å². The third kappa shape index (κ3) is 3.62. The molecule has 1 amide bonds. The minimum atomic E-state index is -0.658. The molecule has 0 aliphatic heterocycles. The average Bonchev–Trinajstić information content (AvgIpc) is 2.83. The number of benzene rings is 1. The van der Waals surface area contributed by atoms with Gasteiger partial charge in [0, 0.05) is 37.8 Å². The molecule has 114 valence electrons. The van der Waals surface area contributed by atoms with Crippen LogP contribution < -0.4 is 0 Å². The largest absolute Gasteiger partial charge is 0.389 e. The zero-order chi connectivity index (χ0) is 15.4. The molecule has 0 aliphatic carbocycles. The Morgan fingerprint density at radius 3 is 2.95 bits per heavy atom. The zero-order valence-electron chi connectivity index (χ0n) is 12.7.